The highest BCUT2D eigenvalue weighted by Crippen LogP contribution is 2.24. The number of nitrogens with zero attached hydrogens (tertiary/aromatic N) is 5. The highest BCUT2D eigenvalue weighted by molar-refractivity contribution is 6.32. The number of aromatic nitrogens is 4. The maximum atomic E-state index is 13.0. The number of halogens is 3. The van der Waals surface area contributed by atoms with Gasteiger partial charge in [0.1, 0.15) is 10.7 Å². The molecule has 0 radical (unpaired) electrons. The molecule has 0 bridgehead atoms. The maximum absolute atomic E-state index is 13.0. The molecular formula is C14H17ClF2N6O. The molecule has 0 saturated carbocycles. The second kappa shape index (κ2) is 6.86. The number of aryl methyl sites for hydroxylation is 1. The molecule has 3 rings (SSSR count). The Bertz CT molecular complexity index is 769. The van der Waals surface area contributed by atoms with Gasteiger partial charge in [0, 0.05) is 51.5 Å². The molecule has 0 atom stereocenters. The minimum absolute atomic E-state index is 0.116. The monoisotopic (exact) mass is 358 g/mol. The lowest BCUT2D eigenvalue weighted by Crippen LogP contribution is -2.46. The van der Waals surface area contributed by atoms with Crippen LogP contribution in [0.4, 0.5) is 14.5 Å². The molecule has 0 aromatic carbocycles. The van der Waals surface area contributed by atoms with Crippen LogP contribution in [0.15, 0.2) is 17.2 Å². The number of alkyl halides is 2. The van der Waals surface area contributed by atoms with Crippen molar-refractivity contribution in [1.29, 1.82) is 0 Å². The predicted molar refractivity (Wildman–Crippen MR) is 85.5 cm³/mol. The number of hydrogen-bond donors (Lipinski definition) is 1. The van der Waals surface area contributed by atoms with E-state index in [1.54, 1.807) is 13.2 Å². The Morgan fingerprint density at radius 3 is 2.71 bits per heavy atom. The summed E-state index contributed by atoms with van der Waals surface area (Å²) >= 11 is 6.02. The van der Waals surface area contributed by atoms with Gasteiger partial charge < -0.3 is 4.90 Å². The lowest BCUT2D eigenvalue weighted by Gasteiger charge is -2.36. The maximum Gasteiger partial charge on any atom is 0.285 e. The zero-order valence-electron chi connectivity index (χ0n) is 13.0. The molecule has 10 heteroatoms. The molecule has 0 amide bonds. The molecule has 3 heterocycles. The van der Waals surface area contributed by atoms with Crippen molar-refractivity contribution >= 4 is 17.3 Å². The molecule has 0 aliphatic carbocycles. The third kappa shape index (κ3) is 3.41. The Labute approximate surface area is 141 Å². The number of aromatic amines is 1. The lowest BCUT2D eigenvalue weighted by molar-refractivity contribution is 0.142. The molecule has 1 fully saturated rings. The molecular weight excluding hydrogens is 342 g/mol. The average Bonchev–Trinajstić information content (AvgIpc) is 2.92. The van der Waals surface area contributed by atoms with Crippen molar-refractivity contribution in [1.82, 2.24) is 24.9 Å². The number of piperazine rings is 1. The van der Waals surface area contributed by atoms with Gasteiger partial charge in [0.05, 0.1) is 11.9 Å². The van der Waals surface area contributed by atoms with Crippen molar-refractivity contribution in [3.63, 3.8) is 0 Å². The highest BCUT2D eigenvalue weighted by atomic mass is 35.5. The first-order valence-corrected chi connectivity index (χ1v) is 7.84. The molecule has 1 aliphatic rings. The Morgan fingerprint density at radius 1 is 1.33 bits per heavy atom. The fraction of sp³-hybridized carbons (Fsp3) is 0.500. The van der Waals surface area contributed by atoms with Crippen molar-refractivity contribution in [2.45, 2.75) is 13.0 Å². The largest absolute Gasteiger partial charge is 0.366 e. The van der Waals surface area contributed by atoms with Gasteiger partial charge in [-0.15, -0.1) is 0 Å². The smallest absolute Gasteiger partial charge is 0.285 e. The van der Waals surface area contributed by atoms with E-state index < -0.39 is 12.0 Å². The van der Waals surface area contributed by atoms with Gasteiger partial charge in [0.15, 0.2) is 0 Å². The molecule has 1 saturated heterocycles. The molecule has 2 aromatic rings. The van der Waals surface area contributed by atoms with Gasteiger partial charge >= 0.3 is 0 Å². The Morgan fingerprint density at radius 2 is 2.04 bits per heavy atom. The second-order valence-corrected chi connectivity index (χ2v) is 6.05. The molecule has 24 heavy (non-hydrogen) atoms. The van der Waals surface area contributed by atoms with E-state index in [1.165, 1.54) is 10.9 Å². The van der Waals surface area contributed by atoms with E-state index in [2.05, 4.69) is 20.2 Å². The number of anilines is 1. The van der Waals surface area contributed by atoms with Crippen molar-refractivity contribution in [3.05, 3.63) is 39.0 Å². The van der Waals surface area contributed by atoms with Crippen LogP contribution < -0.4 is 10.5 Å². The highest BCUT2D eigenvalue weighted by Gasteiger charge is 2.23. The zero-order chi connectivity index (χ0) is 17.3. The van der Waals surface area contributed by atoms with Gasteiger partial charge in [-0.25, -0.2) is 13.9 Å². The summed E-state index contributed by atoms with van der Waals surface area (Å²) in [5.41, 5.74) is 0.543. The summed E-state index contributed by atoms with van der Waals surface area (Å²) in [6.07, 6.45) is 0.573. The van der Waals surface area contributed by atoms with Crippen LogP contribution in [0.1, 0.15) is 17.7 Å². The van der Waals surface area contributed by atoms with Crippen LogP contribution in [-0.4, -0.2) is 51.1 Å². The topological polar surface area (TPSA) is 70.1 Å². The SMILES string of the molecule is Cn1cc(CN2CCN(c3cn[nH]c(=O)c3Cl)CC2)c(C(F)F)n1. The van der Waals surface area contributed by atoms with Crippen LogP contribution in [0.3, 0.4) is 0 Å². The average molecular weight is 359 g/mol. The summed E-state index contributed by atoms with van der Waals surface area (Å²) in [5, 5.41) is 10.00. The molecule has 0 spiro atoms. The molecule has 130 valence electrons. The van der Waals surface area contributed by atoms with Gasteiger partial charge in [0.2, 0.25) is 0 Å². The predicted octanol–water partition coefficient (Wildman–Crippen LogP) is 1.42. The molecule has 2 aromatic heterocycles. The van der Waals surface area contributed by atoms with Gasteiger partial charge in [-0.1, -0.05) is 11.6 Å². The van der Waals surface area contributed by atoms with E-state index in [-0.39, 0.29) is 10.7 Å². The van der Waals surface area contributed by atoms with Gasteiger partial charge in [-0.05, 0) is 0 Å². The van der Waals surface area contributed by atoms with Gasteiger partial charge in [-0.3, -0.25) is 14.4 Å². The van der Waals surface area contributed by atoms with E-state index in [9.17, 15) is 13.6 Å². The number of hydrogen-bond acceptors (Lipinski definition) is 5. The van der Waals surface area contributed by atoms with E-state index >= 15 is 0 Å². The van der Waals surface area contributed by atoms with Gasteiger partial charge in [-0.2, -0.15) is 10.2 Å². The normalized spacial score (nSPS) is 16.1. The lowest BCUT2D eigenvalue weighted by atomic mass is 10.2. The van der Waals surface area contributed by atoms with Crippen LogP contribution in [0.2, 0.25) is 5.02 Å². The Kier molecular flexibility index (Phi) is 4.81. The number of nitrogens with one attached hydrogen (secondary N) is 1. The standard InChI is InChI=1S/C14H17ClF2N6O/c1-21-7-9(12(20-21)13(16)17)8-22-2-4-23(5-3-22)10-6-18-19-14(24)11(10)15/h6-7,13H,2-5,8H2,1H3,(H,19,24). The van der Waals surface area contributed by atoms with Crippen LogP contribution >= 0.6 is 11.6 Å². The summed E-state index contributed by atoms with van der Waals surface area (Å²) in [4.78, 5) is 15.6. The number of rotatable bonds is 4. The fourth-order valence-electron chi connectivity index (χ4n) is 2.84. The summed E-state index contributed by atoms with van der Waals surface area (Å²) in [7, 11) is 1.63. The molecule has 0 unspecified atom stereocenters. The van der Waals surface area contributed by atoms with Crippen LogP contribution in [0.5, 0.6) is 0 Å². The quantitative estimate of drug-likeness (QED) is 0.895. The second-order valence-electron chi connectivity index (χ2n) is 5.68. The van der Waals surface area contributed by atoms with Gasteiger partial charge in [0.25, 0.3) is 12.0 Å². The van der Waals surface area contributed by atoms with Crippen molar-refractivity contribution in [2.75, 3.05) is 31.1 Å². The third-order valence-corrected chi connectivity index (χ3v) is 4.39. The van der Waals surface area contributed by atoms with E-state index in [0.29, 0.717) is 44.0 Å². The fourth-order valence-corrected chi connectivity index (χ4v) is 3.05. The van der Waals surface area contributed by atoms with Crippen LogP contribution in [0.25, 0.3) is 0 Å². The van der Waals surface area contributed by atoms with E-state index in [1.807, 2.05) is 4.90 Å². The first-order chi connectivity index (χ1) is 11.5. The first-order valence-electron chi connectivity index (χ1n) is 7.46. The zero-order valence-corrected chi connectivity index (χ0v) is 13.8. The summed E-state index contributed by atoms with van der Waals surface area (Å²) in [5.74, 6) is 0. The Hall–Kier alpha value is -2.00. The first kappa shape index (κ1) is 16.8. The number of H-pyrrole nitrogens is 1. The summed E-state index contributed by atoms with van der Waals surface area (Å²) in [6.45, 7) is 3.02. The van der Waals surface area contributed by atoms with E-state index in [4.69, 9.17) is 11.6 Å². The van der Waals surface area contributed by atoms with Crippen molar-refractivity contribution in [2.24, 2.45) is 7.05 Å². The Balaban J connectivity index is 1.65. The molecule has 1 N–H and O–H groups in total. The van der Waals surface area contributed by atoms with Crippen LogP contribution in [-0.2, 0) is 13.6 Å². The summed E-state index contributed by atoms with van der Waals surface area (Å²) in [6, 6.07) is 0. The molecule has 1 aliphatic heterocycles. The van der Waals surface area contributed by atoms with Crippen molar-refractivity contribution < 1.29 is 8.78 Å². The minimum Gasteiger partial charge on any atom is -0.366 e. The van der Waals surface area contributed by atoms with E-state index in [0.717, 1.165) is 0 Å². The minimum atomic E-state index is -2.58. The van der Waals surface area contributed by atoms with Crippen LogP contribution in [0, 0.1) is 0 Å². The third-order valence-electron chi connectivity index (χ3n) is 4.03. The summed E-state index contributed by atoms with van der Waals surface area (Å²) < 4.78 is 27.4. The molecule has 7 nitrogen and oxygen atoms in total. The van der Waals surface area contributed by atoms with Crippen molar-refractivity contribution in [3.8, 4) is 0 Å².